The molecule has 0 radical (unpaired) electrons. The molecule has 2 fully saturated rings. The second kappa shape index (κ2) is 6.67. The first-order valence-electron chi connectivity index (χ1n) is 7.61. The van der Waals surface area contributed by atoms with Gasteiger partial charge in [0.1, 0.15) is 5.56 Å². The minimum Gasteiger partial charge on any atom is -0.465 e. The zero-order valence-corrected chi connectivity index (χ0v) is 14.1. The molecule has 2 saturated heterocycles. The van der Waals surface area contributed by atoms with E-state index in [1.54, 1.807) is 12.1 Å². The molecule has 3 rings (SSSR count). The Morgan fingerprint density at radius 2 is 1.79 bits per heavy atom. The molecular weight excluding hydrogens is 338 g/mol. The molecule has 24 heavy (non-hydrogen) atoms. The third-order valence-corrected chi connectivity index (χ3v) is 5.49. The molecule has 0 saturated carbocycles. The highest BCUT2D eigenvalue weighted by Gasteiger charge is 2.43. The molecule has 0 aliphatic carbocycles. The second-order valence-corrected chi connectivity index (χ2v) is 7.07. The summed E-state index contributed by atoms with van der Waals surface area (Å²) in [7, 11) is -2.81. The lowest BCUT2D eigenvalue weighted by Gasteiger charge is -2.36. The van der Waals surface area contributed by atoms with Gasteiger partial charge in [-0.1, -0.05) is 12.1 Å². The molecule has 8 nitrogen and oxygen atoms in total. The summed E-state index contributed by atoms with van der Waals surface area (Å²) in [6.07, 6.45) is 0.877. The van der Waals surface area contributed by atoms with E-state index < -0.39 is 22.1 Å². The SMILES string of the molecule is COC(=O)c1ccccc1OS(=O)(=O)N1CCC2(CC1)OCCO2. The number of para-hydroxylation sites is 1. The van der Waals surface area contributed by atoms with Gasteiger partial charge in [0, 0.05) is 25.9 Å². The van der Waals surface area contributed by atoms with Crippen LogP contribution in [0, 0.1) is 0 Å². The lowest BCUT2D eigenvalue weighted by atomic mass is 10.1. The van der Waals surface area contributed by atoms with Gasteiger partial charge in [0.2, 0.25) is 0 Å². The molecule has 0 bridgehead atoms. The summed E-state index contributed by atoms with van der Waals surface area (Å²) in [5, 5.41) is 0. The number of rotatable bonds is 4. The standard InChI is InChI=1S/C15H19NO7S/c1-20-14(17)12-4-2-3-5-13(12)23-24(18,19)16-8-6-15(7-9-16)21-10-11-22-15/h2-5H,6-11H2,1H3. The number of carbonyl (C=O) groups excluding carboxylic acids is 1. The van der Waals surface area contributed by atoms with Crippen LogP contribution in [0.15, 0.2) is 24.3 Å². The number of carbonyl (C=O) groups is 1. The van der Waals surface area contributed by atoms with Crippen LogP contribution < -0.4 is 4.18 Å². The number of hydrogen-bond acceptors (Lipinski definition) is 7. The van der Waals surface area contributed by atoms with Crippen LogP contribution in [0.4, 0.5) is 0 Å². The van der Waals surface area contributed by atoms with E-state index in [1.807, 2.05) is 0 Å². The molecule has 0 aromatic heterocycles. The van der Waals surface area contributed by atoms with Crippen molar-refractivity contribution in [3.8, 4) is 5.75 Å². The fourth-order valence-corrected chi connectivity index (χ4v) is 3.93. The van der Waals surface area contributed by atoms with Crippen LogP contribution in [0.2, 0.25) is 0 Å². The largest absolute Gasteiger partial charge is 0.465 e. The van der Waals surface area contributed by atoms with Gasteiger partial charge in [-0.05, 0) is 12.1 Å². The van der Waals surface area contributed by atoms with Gasteiger partial charge in [0.15, 0.2) is 11.5 Å². The number of ether oxygens (including phenoxy) is 3. The van der Waals surface area contributed by atoms with Gasteiger partial charge < -0.3 is 18.4 Å². The predicted molar refractivity (Wildman–Crippen MR) is 82.8 cm³/mol. The smallest absolute Gasteiger partial charge is 0.385 e. The van der Waals surface area contributed by atoms with Gasteiger partial charge in [-0.15, -0.1) is 0 Å². The van der Waals surface area contributed by atoms with Gasteiger partial charge >= 0.3 is 16.3 Å². The molecular formula is C15H19NO7S. The quantitative estimate of drug-likeness (QED) is 0.741. The molecule has 0 amide bonds. The molecule has 132 valence electrons. The molecule has 1 aromatic rings. The van der Waals surface area contributed by atoms with E-state index in [4.69, 9.17) is 13.7 Å². The molecule has 1 aromatic carbocycles. The summed E-state index contributed by atoms with van der Waals surface area (Å²) in [6.45, 7) is 1.50. The van der Waals surface area contributed by atoms with E-state index >= 15 is 0 Å². The van der Waals surface area contributed by atoms with E-state index in [2.05, 4.69) is 4.74 Å². The average molecular weight is 357 g/mol. The van der Waals surface area contributed by atoms with Crippen molar-refractivity contribution < 1.29 is 31.6 Å². The van der Waals surface area contributed by atoms with Crippen LogP contribution in [-0.2, 0) is 24.5 Å². The predicted octanol–water partition coefficient (Wildman–Crippen LogP) is 0.936. The van der Waals surface area contributed by atoms with Gasteiger partial charge in [-0.3, -0.25) is 0 Å². The maximum Gasteiger partial charge on any atom is 0.385 e. The second-order valence-electron chi connectivity index (χ2n) is 5.54. The lowest BCUT2D eigenvalue weighted by Crippen LogP contribution is -2.48. The Balaban J connectivity index is 1.72. The monoisotopic (exact) mass is 357 g/mol. The van der Waals surface area contributed by atoms with Crippen LogP contribution in [0.5, 0.6) is 5.75 Å². The van der Waals surface area contributed by atoms with Crippen molar-refractivity contribution in [3.63, 3.8) is 0 Å². The van der Waals surface area contributed by atoms with Gasteiger partial charge in [-0.25, -0.2) is 4.79 Å². The summed E-state index contributed by atoms with van der Waals surface area (Å²) in [4.78, 5) is 11.7. The van der Waals surface area contributed by atoms with Crippen LogP contribution in [0.25, 0.3) is 0 Å². The molecule has 2 aliphatic rings. The number of piperidine rings is 1. The summed E-state index contributed by atoms with van der Waals surface area (Å²) in [5.74, 6) is -1.39. The van der Waals surface area contributed by atoms with Crippen LogP contribution in [0.3, 0.4) is 0 Å². The van der Waals surface area contributed by atoms with Crippen molar-refractivity contribution in [2.45, 2.75) is 18.6 Å². The fourth-order valence-electron chi connectivity index (χ4n) is 2.82. The Kier molecular flexibility index (Phi) is 4.77. The highest BCUT2D eigenvalue weighted by Crippen LogP contribution is 2.33. The number of nitrogens with zero attached hydrogens (tertiary/aromatic N) is 1. The molecule has 1 spiro atoms. The molecule has 0 unspecified atom stereocenters. The third kappa shape index (κ3) is 3.39. The van der Waals surface area contributed by atoms with E-state index in [0.717, 1.165) is 0 Å². The van der Waals surface area contributed by atoms with E-state index in [0.29, 0.717) is 26.1 Å². The maximum atomic E-state index is 12.5. The minimum absolute atomic E-state index is 0.0551. The number of benzene rings is 1. The first-order valence-corrected chi connectivity index (χ1v) is 8.97. The Bertz CT molecular complexity index is 702. The van der Waals surface area contributed by atoms with Gasteiger partial charge in [0.05, 0.1) is 20.3 Å². The van der Waals surface area contributed by atoms with E-state index in [1.165, 1.54) is 23.5 Å². The highest BCUT2D eigenvalue weighted by molar-refractivity contribution is 7.84. The van der Waals surface area contributed by atoms with Crippen molar-refractivity contribution in [3.05, 3.63) is 29.8 Å². The summed E-state index contributed by atoms with van der Waals surface area (Å²) >= 11 is 0. The van der Waals surface area contributed by atoms with Crippen LogP contribution in [0.1, 0.15) is 23.2 Å². The van der Waals surface area contributed by atoms with E-state index in [9.17, 15) is 13.2 Å². The number of esters is 1. The fraction of sp³-hybridized carbons (Fsp3) is 0.533. The first kappa shape index (κ1) is 17.2. The zero-order valence-electron chi connectivity index (χ0n) is 13.3. The zero-order chi connectivity index (χ0) is 17.2. The molecule has 0 atom stereocenters. The van der Waals surface area contributed by atoms with Crippen molar-refractivity contribution in [2.75, 3.05) is 33.4 Å². The topological polar surface area (TPSA) is 91.4 Å². The Morgan fingerprint density at radius 1 is 1.17 bits per heavy atom. The normalized spacial score (nSPS) is 20.9. The van der Waals surface area contributed by atoms with Crippen LogP contribution in [-0.4, -0.2) is 57.9 Å². The molecule has 2 heterocycles. The summed E-state index contributed by atoms with van der Waals surface area (Å²) in [5.41, 5.74) is 0.0551. The third-order valence-electron chi connectivity index (χ3n) is 4.10. The van der Waals surface area contributed by atoms with Crippen molar-refractivity contribution in [2.24, 2.45) is 0 Å². The van der Waals surface area contributed by atoms with Gasteiger partial charge in [0.25, 0.3) is 0 Å². The van der Waals surface area contributed by atoms with Crippen molar-refractivity contribution in [1.29, 1.82) is 0 Å². The molecule has 9 heteroatoms. The maximum absolute atomic E-state index is 12.5. The minimum atomic E-state index is -4.03. The lowest BCUT2D eigenvalue weighted by molar-refractivity contribution is -0.179. The molecule has 0 N–H and O–H groups in total. The van der Waals surface area contributed by atoms with Crippen molar-refractivity contribution >= 4 is 16.3 Å². The van der Waals surface area contributed by atoms with Crippen molar-refractivity contribution in [1.82, 2.24) is 4.31 Å². The Morgan fingerprint density at radius 3 is 2.42 bits per heavy atom. The average Bonchev–Trinajstić information content (AvgIpc) is 3.03. The molecule has 2 aliphatic heterocycles. The first-order chi connectivity index (χ1) is 11.5. The Hall–Kier alpha value is -1.68. The highest BCUT2D eigenvalue weighted by atomic mass is 32.2. The van der Waals surface area contributed by atoms with Gasteiger partial charge in [-0.2, -0.15) is 12.7 Å². The number of hydrogen-bond donors (Lipinski definition) is 0. The van der Waals surface area contributed by atoms with Crippen LogP contribution >= 0.6 is 0 Å². The summed E-state index contributed by atoms with van der Waals surface area (Å²) < 4.78 is 47.2. The van der Waals surface area contributed by atoms with E-state index in [-0.39, 0.29) is 24.4 Å². The Labute approximate surface area is 140 Å². The number of methoxy groups -OCH3 is 1. The summed E-state index contributed by atoms with van der Waals surface area (Å²) in [6, 6.07) is 6.05.